The first-order valence-electron chi connectivity index (χ1n) is 8.58. The number of likely N-dealkylation sites (tertiary alicyclic amines) is 1. The van der Waals surface area contributed by atoms with Crippen molar-refractivity contribution in [2.24, 2.45) is 11.7 Å². The van der Waals surface area contributed by atoms with E-state index in [1.54, 1.807) is 0 Å². The second-order valence-corrected chi connectivity index (χ2v) is 6.43. The summed E-state index contributed by atoms with van der Waals surface area (Å²) in [5, 5.41) is 0. The summed E-state index contributed by atoms with van der Waals surface area (Å²) >= 11 is 0. The number of hydrogen-bond donors (Lipinski definition) is 1. The zero-order chi connectivity index (χ0) is 16.1. The van der Waals surface area contributed by atoms with Crippen LogP contribution in [0.3, 0.4) is 0 Å². The van der Waals surface area contributed by atoms with E-state index in [2.05, 4.69) is 0 Å². The Morgan fingerprint density at radius 1 is 1.13 bits per heavy atom. The molecule has 0 aliphatic carbocycles. The van der Waals surface area contributed by atoms with Crippen LogP contribution in [0.5, 0.6) is 5.75 Å². The molecule has 3 rings (SSSR count). The lowest BCUT2D eigenvalue weighted by atomic mass is 9.91. The molecule has 23 heavy (non-hydrogen) atoms. The first-order valence-corrected chi connectivity index (χ1v) is 8.58. The van der Waals surface area contributed by atoms with E-state index in [0.29, 0.717) is 0 Å². The third-order valence-electron chi connectivity index (χ3n) is 4.86. The van der Waals surface area contributed by atoms with E-state index >= 15 is 0 Å². The van der Waals surface area contributed by atoms with Crippen LogP contribution in [-0.2, 0) is 9.53 Å². The summed E-state index contributed by atoms with van der Waals surface area (Å²) in [5.41, 5.74) is 6.20. The van der Waals surface area contributed by atoms with Gasteiger partial charge in [0.05, 0.1) is 6.04 Å². The monoisotopic (exact) mass is 318 g/mol. The van der Waals surface area contributed by atoms with E-state index in [0.717, 1.165) is 57.7 Å². The van der Waals surface area contributed by atoms with Crippen LogP contribution >= 0.6 is 0 Å². The van der Waals surface area contributed by atoms with Gasteiger partial charge in [-0.15, -0.1) is 0 Å². The molecule has 2 N–H and O–H groups in total. The SMILES string of the molecule is NC(C(=O)N1CCC(Oc2ccccc2)CC1)C1CCOCC1. The van der Waals surface area contributed by atoms with Crippen molar-refractivity contribution in [2.45, 2.75) is 37.8 Å². The van der Waals surface area contributed by atoms with Crippen molar-refractivity contribution in [3.63, 3.8) is 0 Å². The minimum absolute atomic E-state index is 0.0926. The van der Waals surface area contributed by atoms with Crippen molar-refractivity contribution in [3.8, 4) is 5.75 Å². The number of benzene rings is 1. The largest absolute Gasteiger partial charge is 0.490 e. The van der Waals surface area contributed by atoms with Crippen LogP contribution in [0.25, 0.3) is 0 Å². The molecule has 0 bridgehead atoms. The van der Waals surface area contributed by atoms with Crippen LogP contribution in [0.15, 0.2) is 30.3 Å². The highest BCUT2D eigenvalue weighted by atomic mass is 16.5. The van der Waals surface area contributed by atoms with Gasteiger partial charge in [-0.05, 0) is 30.9 Å². The lowest BCUT2D eigenvalue weighted by Crippen LogP contribution is -2.52. The predicted octanol–water partition coefficient (Wildman–Crippen LogP) is 1.81. The van der Waals surface area contributed by atoms with Gasteiger partial charge in [0, 0.05) is 39.1 Å². The molecule has 1 unspecified atom stereocenters. The smallest absolute Gasteiger partial charge is 0.239 e. The van der Waals surface area contributed by atoms with Gasteiger partial charge in [0.1, 0.15) is 11.9 Å². The number of ether oxygens (including phenoxy) is 2. The molecular formula is C18H26N2O3. The summed E-state index contributed by atoms with van der Waals surface area (Å²) < 4.78 is 11.3. The molecular weight excluding hydrogens is 292 g/mol. The molecule has 2 aliphatic rings. The Morgan fingerprint density at radius 2 is 1.78 bits per heavy atom. The Balaban J connectivity index is 1.47. The molecule has 2 aliphatic heterocycles. The highest BCUT2D eigenvalue weighted by Crippen LogP contribution is 2.22. The van der Waals surface area contributed by atoms with Gasteiger partial charge in [-0.1, -0.05) is 18.2 Å². The summed E-state index contributed by atoms with van der Waals surface area (Å²) in [4.78, 5) is 14.5. The van der Waals surface area contributed by atoms with Crippen molar-refractivity contribution in [1.29, 1.82) is 0 Å². The van der Waals surface area contributed by atoms with E-state index in [9.17, 15) is 4.79 Å². The maximum absolute atomic E-state index is 12.6. The maximum atomic E-state index is 12.6. The number of carbonyl (C=O) groups excluding carboxylic acids is 1. The molecule has 1 aromatic rings. The van der Waals surface area contributed by atoms with Crippen molar-refractivity contribution in [3.05, 3.63) is 30.3 Å². The quantitative estimate of drug-likeness (QED) is 0.919. The Kier molecular flexibility index (Phi) is 5.51. The molecule has 126 valence electrons. The summed E-state index contributed by atoms with van der Waals surface area (Å²) in [6.07, 6.45) is 3.68. The zero-order valence-electron chi connectivity index (χ0n) is 13.5. The third kappa shape index (κ3) is 4.24. The maximum Gasteiger partial charge on any atom is 0.239 e. The number of carbonyl (C=O) groups is 1. The normalized spacial score (nSPS) is 21.9. The van der Waals surface area contributed by atoms with Crippen LogP contribution < -0.4 is 10.5 Å². The van der Waals surface area contributed by atoms with Gasteiger partial charge >= 0.3 is 0 Å². The topological polar surface area (TPSA) is 64.8 Å². The third-order valence-corrected chi connectivity index (χ3v) is 4.86. The lowest BCUT2D eigenvalue weighted by molar-refractivity contribution is -0.136. The molecule has 2 fully saturated rings. The molecule has 1 atom stereocenters. The molecule has 5 heteroatoms. The van der Waals surface area contributed by atoms with E-state index in [4.69, 9.17) is 15.2 Å². The minimum Gasteiger partial charge on any atom is -0.490 e. The number of nitrogens with two attached hydrogens (primary N) is 1. The molecule has 1 aromatic carbocycles. The average molecular weight is 318 g/mol. The highest BCUT2D eigenvalue weighted by Gasteiger charge is 2.32. The zero-order valence-corrected chi connectivity index (χ0v) is 13.5. The fraction of sp³-hybridized carbons (Fsp3) is 0.611. The van der Waals surface area contributed by atoms with E-state index in [-0.39, 0.29) is 24.0 Å². The first-order chi connectivity index (χ1) is 11.2. The average Bonchev–Trinajstić information content (AvgIpc) is 2.63. The minimum atomic E-state index is -0.384. The summed E-state index contributed by atoms with van der Waals surface area (Å²) in [6, 6.07) is 9.48. The van der Waals surface area contributed by atoms with Crippen LogP contribution in [0.4, 0.5) is 0 Å². The molecule has 0 aromatic heterocycles. The van der Waals surface area contributed by atoms with Gasteiger partial charge in [0.25, 0.3) is 0 Å². The van der Waals surface area contributed by atoms with Crippen LogP contribution in [0.2, 0.25) is 0 Å². The Hall–Kier alpha value is -1.59. The Morgan fingerprint density at radius 3 is 2.43 bits per heavy atom. The van der Waals surface area contributed by atoms with Gasteiger partial charge < -0.3 is 20.1 Å². The van der Waals surface area contributed by atoms with E-state index in [1.165, 1.54) is 0 Å². The molecule has 0 saturated carbocycles. The van der Waals surface area contributed by atoms with Gasteiger partial charge in [0.2, 0.25) is 5.91 Å². The van der Waals surface area contributed by atoms with E-state index in [1.807, 2.05) is 35.2 Å². The molecule has 5 nitrogen and oxygen atoms in total. The number of amides is 1. The Labute approximate surface area is 137 Å². The second-order valence-electron chi connectivity index (χ2n) is 6.43. The van der Waals surface area contributed by atoms with Gasteiger partial charge in [-0.3, -0.25) is 4.79 Å². The summed E-state index contributed by atoms with van der Waals surface area (Å²) in [7, 11) is 0. The lowest BCUT2D eigenvalue weighted by Gasteiger charge is -2.36. The predicted molar refractivity (Wildman–Crippen MR) is 88.2 cm³/mol. The molecule has 0 spiro atoms. The van der Waals surface area contributed by atoms with Crippen molar-refractivity contribution in [1.82, 2.24) is 4.90 Å². The number of para-hydroxylation sites is 1. The molecule has 0 radical (unpaired) electrons. The van der Waals surface area contributed by atoms with Crippen LogP contribution in [0, 0.1) is 5.92 Å². The number of nitrogens with zero attached hydrogens (tertiary/aromatic N) is 1. The van der Waals surface area contributed by atoms with Crippen LogP contribution in [-0.4, -0.2) is 49.3 Å². The molecule has 1 amide bonds. The fourth-order valence-corrected chi connectivity index (χ4v) is 3.37. The Bertz CT molecular complexity index is 494. The number of rotatable bonds is 4. The summed E-state index contributed by atoms with van der Waals surface area (Å²) in [5.74, 6) is 1.25. The first kappa shape index (κ1) is 16.3. The van der Waals surface area contributed by atoms with Crippen molar-refractivity contribution >= 4 is 5.91 Å². The molecule has 2 saturated heterocycles. The van der Waals surface area contributed by atoms with Crippen molar-refractivity contribution < 1.29 is 14.3 Å². The number of piperidine rings is 1. The molecule has 2 heterocycles. The van der Waals surface area contributed by atoms with Gasteiger partial charge in [-0.2, -0.15) is 0 Å². The second kappa shape index (κ2) is 7.79. The fourth-order valence-electron chi connectivity index (χ4n) is 3.37. The highest BCUT2D eigenvalue weighted by molar-refractivity contribution is 5.82. The van der Waals surface area contributed by atoms with Crippen molar-refractivity contribution in [2.75, 3.05) is 26.3 Å². The standard InChI is InChI=1S/C18H26N2O3/c19-17(14-8-12-22-13-9-14)18(21)20-10-6-16(7-11-20)23-15-4-2-1-3-5-15/h1-5,14,16-17H,6-13,19H2. The number of hydrogen-bond acceptors (Lipinski definition) is 4. The summed E-state index contributed by atoms with van der Waals surface area (Å²) in [6.45, 7) is 2.90. The van der Waals surface area contributed by atoms with Gasteiger partial charge in [0.15, 0.2) is 0 Å². The van der Waals surface area contributed by atoms with E-state index < -0.39 is 0 Å². The van der Waals surface area contributed by atoms with Crippen LogP contribution in [0.1, 0.15) is 25.7 Å². The van der Waals surface area contributed by atoms with Gasteiger partial charge in [-0.25, -0.2) is 0 Å².